The molecule has 3 aromatic rings. The maximum atomic E-state index is 14.0. The van der Waals surface area contributed by atoms with Crippen molar-refractivity contribution in [2.24, 2.45) is 7.05 Å². The van der Waals surface area contributed by atoms with Crippen molar-refractivity contribution < 1.29 is 13.9 Å². The van der Waals surface area contributed by atoms with Gasteiger partial charge in [-0.15, -0.1) is 0 Å². The van der Waals surface area contributed by atoms with Crippen LogP contribution < -0.4 is 4.74 Å². The number of nitriles is 1. The molecule has 132 valence electrons. The first-order chi connectivity index (χ1) is 12.5. The number of ether oxygens (including phenoxy) is 1. The molecule has 0 amide bonds. The fourth-order valence-electron chi connectivity index (χ4n) is 4.26. The van der Waals surface area contributed by atoms with Gasteiger partial charge in [-0.05, 0) is 42.7 Å². The van der Waals surface area contributed by atoms with Gasteiger partial charge in [-0.2, -0.15) is 5.26 Å². The molecule has 1 aliphatic rings. The first-order valence-electron chi connectivity index (χ1n) is 8.69. The van der Waals surface area contributed by atoms with Gasteiger partial charge in [0, 0.05) is 36.2 Å². The molecule has 0 N–H and O–H groups in total. The van der Waals surface area contributed by atoms with Crippen LogP contribution in [-0.2, 0) is 17.3 Å². The van der Waals surface area contributed by atoms with Gasteiger partial charge < -0.3 is 9.30 Å². The number of hydrogen-bond donors (Lipinski definition) is 0. The highest BCUT2D eigenvalue weighted by Gasteiger charge is 2.39. The van der Waals surface area contributed by atoms with Crippen molar-refractivity contribution in [1.29, 1.82) is 5.26 Å². The first kappa shape index (κ1) is 16.6. The van der Waals surface area contributed by atoms with Crippen LogP contribution in [0.5, 0.6) is 5.75 Å². The van der Waals surface area contributed by atoms with Crippen LogP contribution >= 0.6 is 0 Å². The van der Waals surface area contributed by atoms with E-state index in [9.17, 15) is 14.4 Å². The SMILES string of the molecule is COc1ccc(C2(C#N)CCC(=O)CC2)c2c3cc(F)ccc3n(C)c12. The number of aromatic nitrogens is 1. The van der Waals surface area contributed by atoms with Gasteiger partial charge in [0.15, 0.2) is 0 Å². The number of methoxy groups -OCH3 is 1. The molecule has 4 rings (SSSR count). The Labute approximate surface area is 150 Å². The van der Waals surface area contributed by atoms with Crippen LogP contribution in [0.15, 0.2) is 30.3 Å². The van der Waals surface area contributed by atoms with Crippen LogP contribution in [0.25, 0.3) is 21.8 Å². The number of halogens is 1. The highest BCUT2D eigenvalue weighted by Crippen LogP contribution is 2.46. The molecule has 1 saturated carbocycles. The molecule has 1 fully saturated rings. The second-order valence-corrected chi connectivity index (χ2v) is 6.99. The summed E-state index contributed by atoms with van der Waals surface area (Å²) >= 11 is 0. The predicted octanol–water partition coefficient (Wildman–Crippen LogP) is 4.38. The van der Waals surface area contributed by atoms with Crippen molar-refractivity contribution in [3.63, 3.8) is 0 Å². The lowest BCUT2D eigenvalue weighted by Gasteiger charge is -2.31. The normalized spacial score (nSPS) is 16.8. The van der Waals surface area contributed by atoms with Gasteiger partial charge in [0.05, 0.1) is 24.1 Å². The smallest absolute Gasteiger partial charge is 0.143 e. The van der Waals surface area contributed by atoms with E-state index in [1.165, 1.54) is 12.1 Å². The number of carbonyl (C=O) groups is 1. The Hall–Kier alpha value is -2.87. The Balaban J connectivity index is 2.12. The van der Waals surface area contributed by atoms with Gasteiger partial charge in [0.2, 0.25) is 0 Å². The molecule has 2 aromatic carbocycles. The van der Waals surface area contributed by atoms with Crippen LogP contribution in [-0.4, -0.2) is 17.5 Å². The molecule has 1 heterocycles. The van der Waals surface area contributed by atoms with E-state index < -0.39 is 5.41 Å². The number of nitrogens with zero attached hydrogens (tertiary/aromatic N) is 2. The van der Waals surface area contributed by atoms with Gasteiger partial charge in [0.25, 0.3) is 0 Å². The summed E-state index contributed by atoms with van der Waals surface area (Å²) in [5, 5.41) is 11.6. The number of benzene rings is 2. The molecule has 0 aliphatic heterocycles. The average Bonchev–Trinajstić information content (AvgIpc) is 2.95. The first-order valence-corrected chi connectivity index (χ1v) is 8.69. The zero-order chi connectivity index (χ0) is 18.5. The van der Waals surface area contributed by atoms with Crippen molar-refractivity contribution >= 4 is 27.6 Å². The van der Waals surface area contributed by atoms with Crippen molar-refractivity contribution in [2.75, 3.05) is 7.11 Å². The zero-order valence-corrected chi connectivity index (χ0v) is 14.8. The third kappa shape index (κ3) is 2.22. The highest BCUT2D eigenvalue weighted by atomic mass is 19.1. The summed E-state index contributed by atoms with van der Waals surface area (Å²) in [5.41, 5.74) is 1.85. The van der Waals surface area contributed by atoms with Gasteiger partial charge in [-0.1, -0.05) is 6.07 Å². The quantitative estimate of drug-likeness (QED) is 0.689. The Kier molecular flexibility index (Phi) is 3.73. The second kappa shape index (κ2) is 5.84. The number of carbonyl (C=O) groups excluding carboxylic acids is 1. The van der Waals surface area contributed by atoms with E-state index in [1.807, 2.05) is 23.7 Å². The molecule has 0 radical (unpaired) electrons. The zero-order valence-electron chi connectivity index (χ0n) is 14.8. The molecular weight excluding hydrogens is 331 g/mol. The van der Waals surface area contributed by atoms with Crippen LogP contribution in [0.4, 0.5) is 4.39 Å². The topological polar surface area (TPSA) is 55.0 Å². The van der Waals surface area contributed by atoms with E-state index >= 15 is 0 Å². The summed E-state index contributed by atoms with van der Waals surface area (Å²) in [6.07, 6.45) is 1.80. The Morgan fingerprint density at radius 1 is 1.23 bits per heavy atom. The molecule has 0 bridgehead atoms. The van der Waals surface area contributed by atoms with E-state index in [1.54, 1.807) is 13.2 Å². The maximum Gasteiger partial charge on any atom is 0.143 e. The number of Topliss-reactive ketones (excluding diaryl/α,β-unsaturated/α-hetero) is 1. The minimum absolute atomic E-state index is 0.199. The molecule has 1 aliphatic carbocycles. The summed E-state index contributed by atoms with van der Waals surface area (Å²) < 4.78 is 21.5. The molecule has 0 spiro atoms. The average molecular weight is 350 g/mol. The standard InChI is InChI=1S/C21H19FN2O2/c1-24-17-5-3-13(22)11-15(17)19-16(4-6-18(26-2)20(19)24)21(12-23)9-7-14(25)8-10-21/h3-6,11H,7-10H2,1-2H3. The lowest BCUT2D eigenvalue weighted by molar-refractivity contribution is -0.120. The summed E-state index contributed by atoms with van der Waals surface area (Å²) in [6, 6.07) is 10.9. The maximum absolute atomic E-state index is 14.0. The largest absolute Gasteiger partial charge is 0.495 e. The lowest BCUT2D eigenvalue weighted by atomic mass is 9.69. The summed E-state index contributed by atoms with van der Waals surface area (Å²) in [5.74, 6) is 0.566. The van der Waals surface area contributed by atoms with Gasteiger partial charge >= 0.3 is 0 Å². The van der Waals surface area contributed by atoms with E-state index in [4.69, 9.17) is 4.74 Å². The Morgan fingerprint density at radius 3 is 2.62 bits per heavy atom. The van der Waals surface area contributed by atoms with Crippen LogP contribution in [0.2, 0.25) is 0 Å². The lowest BCUT2D eigenvalue weighted by Crippen LogP contribution is -2.30. The molecule has 4 nitrogen and oxygen atoms in total. The molecule has 0 unspecified atom stereocenters. The molecule has 0 atom stereocenters. The highest BCUT2D eigenvalue weighted by molar-refractivity contribution is 6.12. The van der Waals surface area contributed by atoms with E-state index in [2.05, 4.69) is 6.07 Å². The summed E-state index contributed by atoms with van der Waals surface area (Å²) in [6.45, 7) is 0. The minimum atomic E-state index is -0.737. The van der Waals surface area contributed by atoms with Gasteiger partial charge in [0.1, 0.15) is 17.3 Å². The van der Waals surface area contributed by atoms with E-state index in [0.717, 1.165) is 27.4 Å². The molecular formula is C21H19FN2O2. The second-order valence-electron chi connectivity index (χ2n) is 6.99. The fraction of sp³-hybridized carbons (Fsp3) is 0.333. The Bertz CT molecular complexity index is 1080. The van der Waals surface area contributed by atoms with Crippen LogP contribution in [0, 0.1) is 17.1 Å². The van der Waals surface area contributed by atoms with Crippen molar-refractivity contribution in [3.8, 4) is 11.8 Å². The summed E-state index contributed by atoms with van der Waals surface area (Å²) in [4.78, 5) is 11.7. The van der Waals surface area contributed by atoms with Crippen molar-refractivity contribution in [1.82, 2.24) is 4.57 Å². The summed E-state index contributed by atoms with van der Waals surface area (Å²) in [7, 11) is 3.52. The van der Waals surface area contributed by atoms with E-state index in [-0.39, 0.29) is 11.6 Å². The van der Waals surface area contributed by atoms with Crippen molar-refractivity contribution in [3.05, 3.63) is 41.7 Å². The van der Waals surface area contributed by atoms with Gasteiger partial charge in [-0.25, -0.2) is 4.39 Å². The fourth-order valence-corrected chi connectivity index (χ4v) is 4.26. The minimum Gasteiger partial charge on any atom is -0.495 e. The van der Waals surface area contributed by atoms with E-state index in [0.29, 0.717) is 31.4 Å². The number of aryl methyl sites for hydroxylation is 1. The van der Waals surface area contributed by atoms with Crippen LogP contribution in [0.1, 0.15) is 31.2 Å². The molecule has 5 heteroatoms. The number of hydrogen-bond acceptors (Lipinski definition) is 3. The van der Waals surface area contributed by atoms with Crippen LogP contribution in [0.3, 0.4) is 0 Å². The molecule has 1 aromatic heterocycles. The monoisotopic (exact) mass is 350 g/mol. The number of fused-ring (bicyclic) bond motifs is 3. The van der Waals surface area contributed by atoms with Crippen molar-refractivity contribution in [2.45, 2.75) is 31.1 Å². The molecule has 26 heavy (non-hydrogen) atoms. The Morgan fingerprint density at radius 2 is 1.96 bits per heavy atom. The molecule has 0 saturated heterocycles. The third-order valence-corrected chi connectivity index (χ3v) is 5.68. The van der Waals surface area contributed by atoms with Gasteiger partial charge in [-0.3, -0.25) is 4.79 Å². The third-order valence-electron chi connectivity index (χ3n) is 5.68. The number of rotatable bonds is 2. The number of ketones is 1. The predicted molar refractivity (Wildman–Crippen MR) is 97.7 cm³/mol.